The van der Waals surface area contributed by atoms with Crippen molar-refractivity contribution in [1.29, 1.82) is 0 Å². The van der Waals surface area contributed by atoms with Crippen LogP contribution in [0.15, 0.2) is 88.9 Å². The first-order valence-electron chi connectivity index (χ1n) is 8.02. The number of benzene rings is 2. The van der Waals surface area contributed by atoms with Crippen molar-refractivity contribution in [1.82, 2.24) is 10.3 Å². The minimum absolute atomic E-state index is 0.141. The van der Waals surface area contributed by atoms with Gasteiger partial charge in [0, 0.05) is 4.90 Å². The van der Waals surface area contributed by atoms with Crippen LogP contribution < -0.4 is 10.6 Å². The van der Waals surface area contributed by atoms with Gasteiger partial charge in [-0.15, -0.1) is 0 Å². The molecule has 2 aromatic carbocycles. The number of pyridine rings is 1. The highest BCUT2D eigenvalue weighted by atomic mass is 32.2. The fraction of sp³-hybridized carbons (Fsp3) is 0.100. The number of anilines is 1. The van der Waals surface area contributed by atoms with E-state index in [1.807, 2.05) is 48.5 Å². The summed E-state index contributed by atoms with van der Waals surface area (Å²) in [6, 6.07) is 24.5. The molecule has 0 saturated heterocycles. The predicted octanol–water partition coefficient (Wildman–Crippen LogP) is 5.28. The van der Waals surface area contributed by atoms with Gasteiger partial charge in [-0.05, 0) is 49.0 Å². The lowest BCUT2D eigenvalue weighted by Crippen LogP contribution is -2.30. The molecule has 1 aromatic heterocycles. The molecule has 0 spiro atoms. The minimum Gasteiger partial charge on any atom is -0.356 e. The minimum atomic E-state index is 0.141. The fourth-order valence-corrected chi connectivity index (χ4v) is 3.38. The van der Waals surface area contributed by atoms with E-state index in [2.05, 4.69) is 46.8 Å². The Bertz CT molecular complexity index is 805. The number of hydrogen-bond donors (Lipinski definition) is 2. The second kappa shape index (κ2) is 8.65. The molecule has 2 N–H and O–H groups in total. The summed E-state index contributed by atoms with van der Waals surface area (Å²) in [5, 5.41) is 8.01. The molecular weight excluding hydrogens is 346 g/mol. The van der Waals surface area contributed by atoms with Crippen LogP contribution in [0.5, 0.6) is 0 Å². The Balaban J connectivity index is 1.55. The van der Waals surface area contributed by atoms with Gasteiger partial charge in [-0.25, -0.2) is 4.98 Å². The zero-order valence-electron chi connectivity index (χ0n) is 13.8. The van der Waals surface area contributed by atoms with Crippen molar-refractivity contribution in [2.24, 2.45) is 0 Å². The first kappa shape index (κ1) is 17.5. The quantitative estimate of drug-likeness (QED) is 0.602. The van der Waals surface area contributed by atoms with Gasteiger partial charge in [0.15, 0.2) is 5.11 Å². The molecule has 0 fully saturated rings. The van der Waals surface area contributed by atoms with Crippen molar-refractivity contribution >= 4 is 34.8 Å². The summed E-state index contributed by atoms with van der Waals surface area (Å²) in [5.74, 6) is 0. The molecule has 3 rings (SSSR count). The zero-order valence-corrected chi connectivity index (χ0v) is 15.5. The van der Waals surface area contributed by atoms with Gasteiger partial charge in [0.25, 0.3) is 0 Å². The van der Waals surface area contributed by atoms with Gasteiger partial charge in [0.1, 0.15) is 5.03 Å². The monoisotopic (exact) mass is 365 g/mol. The average molecular weight is 366 g/mol. The molecule has 0 radical (unpaired) electrons. The van der Waals surface area contributed by atoms with Crippen LogP contribution in [0.2, 0.25) is 0 Å². The molecule has 0 aliphatic rings. The number of rotatable bonds is 5. The molecule has 25 heavy (non-hydrogen) atoms. The van der Waals surface area contributed by atoms with Crippen LogP contribution in [0.25, 0.3) is 0 Å². The SMILES string of the molecule is CC(NC(=S)Nc1ccc(Sc2ccccc2)nc1)c1ccccc1. The van der Waals surface area contributed by atoms with Crippen molar-refractivity contribution < 1.29 is 0 Å². The van der Waals surface area contributed by atoms with Crippen LogP contribution in [-0.2, 0) is 0 Å². The molecule has 1 heterocycles. The summed E-state index contributed by atoms with van der Waals surface area (Å²) < 4.78 is 0. The molecule has 0 aliphatic carbocycles. The van der Waals surface area contributed by atoms with Gasteiger partial charge in [-0.3, -0.25) is 0 Å². The molecule has 3 nitrogen and oxygen atoms in total. The summed E-state index contributed by atoms with van der Waals surface area (Å²) in [6.07, 6.45) is 1.80. The lowest BCUT2D eigenvalue weighted by atomic mass is 10.1. The summed E-state index contributed by atoms with van der Waals surface area (Å²) >= 11 is 7.03. The van der Waals surface area contributed by atoms with E-state index in [1.165, 1.54) is 10.5 Å². The lowest BCUT2D eigenvalue weighted by molar-refractivity contribution is 0.722. The Labute approximate surface area is 157 Å². The molecule has 1 atom stereocenters. The summed E-state index contributed by atoms with van der Waals surface area (Å²) in [5.41, 5.74) is 2.06. The second-order valence-electron chi connectivity index (χ2n) is 5.53. The molecule has 0 amide bonds. The number of thiocarbonyl (C=S) groups is 1. The van der Waals surface area contributed by atoms with E-state index in [4.69, 9.17) is 12.2 Å². The molecular formula is C20H19N3S2. The van der Waals surface area contributed by atoms with Gasteiger partial charge in [-0.2, -0.15) is 0 Å². The van der Waals surface area contributed by atoms with E-state index in [9.17, 15) is 0 Å². The molecule has 0 saturated carbocycles. The molecule has 5 heteroatoms. The Morgan fingerprint density at radius 3 is 2.28 bits per heavy atom. The molecule has 0 aliphatic heterocycles. The second-order valence-corrected chi connectivity index (χ2v) is 7.03. The van der Waals surface area contributed by atoms with Crippen molar-refractivity contribution in [3.8, 4) is 0 Å². The Hall–Kier alpha value is -2.37. The van der Waals surface area contributed by atoms with Crippen LogP contribution in [0.4, 0.5) is 5.69 Å². The normalized spacial score (nSPS) is 11.6. The molecule has 3 aromatic rings. The van der Waals surface area contributed by atoms with E-state index in [1.54, 1.807) is 18.0 Å². The largest absolute Gasteiger partial charge is 0.356 e. The van der Waals surface area contributed by atoms with E-state index in [-0.39, 0.29) is 6.04 Å². The third-order valence-electron chi connectivity index (χ3n) is 3.61. The molecule has 0 bridgehead atoms. The van der Waals surface area contributed by atoms with Crippen LogP contribution in [0.3, 0.4) is 0 Å². The van der Waals surface area contributed by atoms with Gasteiger partial charge in [-0.1, -0.05) is 60.3 Å². The maximum Gasteiger partial charge on any atom is 0.171 e. The van der Waals surface area contributed by atoms with Gasteiger partial charge in [0.2, 0.25) is 0 Å². The van der Waals surface area contributed by atoms with Crippen LogP contribution in [-0.4, -0.2) is 10.1 Å². The average Bonchev–Trinajstić information content (AvgIpc) is 2.65. The smallest absolute Gasteiger partial charge is 0.171 e. The highest BCUT2D eigenvalue weighted by molar-refractivity contribution is 7.99. The van der Waals surface area contributed by atoms with Crippen LogP contribution in [0, 0.1) is 0 Å². The maximum atomic E-state index is 5.39. The highest BCUT2D eigenvalue weighted by Crippen LogP contribution is 2.26. The van der Waals surface area contributed by atoms with E-state index < -0.39 is 0 Å². The first-order chi connectivity index (χ1) is 12.2. The number of nitrogens with zero attached hydrogens (tertiary/aromatic N) is 1. The van der Waals surface area contributed by atoms with E-state index >= 15 is 0 Å². The van der Waals surface area contributed by atoms with Crippen molar-refractivity contribution in [3.63, 3.8) is 0 Å². The standard InChI is InChI=1S/C20H19N3S2/c1-15(16-8-4-2-5-9-16)22-20(24)23-17-12-13-19(21-14-17)25-18-10-6-3-7-11-18/h2-15H,1H3,(H2,22,23,24). The zero-order chi connectivity index (χ0) is 17.5. The maximum absolute atomic E-state index is 5.39. The first-order valence-corrected chi connectivity index (χ1v) is 9.24. The van der Waals surface area contributed by atoms with Gasteiger partial charge in [0.05, 0.1) is 17.9 Å². The predicted molar refractivity (Wildman–Crippen MR) is 109 cm³/mol. The number of aromatic nitrogens is 1. The summed E-state index contributed by atoms with van der Waals surface area (Å²) in [4.78, 5) is 5.65. The number of hydrogen-bond acceptors (Lipinski definition) is 3. The third kappa shape index (κ3) is 5.31. The third-order valence-corrected chi connectivity index (χ3v) is 4.79. The van der Waals surface area contributed by atoms with Crippen LogP contribution in [0.1, 0.15) is 18.5 Å². The molecule has 1 unspecified atom stereocenters. The van der Waals surface area contributed by atoms with Gasteiger partial charge < -0.3 is 10.6 Å². The Morgan fingerprint density at radius 2 is 1.64 bits per heavy atom. The topological polar surface area (TPSA) is 37.0 Å². The fourth-order valence-electron chi connectivity index (χ4n) is 2.31. The van der Waals surface area contributed by atoms with Crippen molar-refractivity contribution in [2.45, 2.75) is 22.9 Å². The Morgan fingerprint density at radius 1 is 0.960 bits per heavy atom. The van der Waals surface area contributed by atoms with Gasteiger partial charge >= 0.3 is 0 Å². The van der Waals surface area contributed by atoms with Crippen LogP contribution >= 0.6 is 24.0 Å². The molecule has 126 valence electrons. The summed E-state index contributed by atoms with van der Waals surface area (Å²) in [7, 11) is 0. The Kier molecular flexibility index (Phi) is 6.04. The number of nitrogens with one attached hydrogen (secondary N) is 2. The lowest BCUT2D eigenvalue weighted by Gasteiger charge is -2.17. The van der Waals surface area contributed by atoms with Crippen molar-refractivity contribution in [2.75, 3.05) is 5.32 Å². The summed E-state index contributed by atoms with van der Waals surface area (Å²) in [6.45, 7) is 2.08. The van der Waals surface area contributed by atoms with Crippen molar-refractivity contribution in [3.05, 3.63) is 84.6 Å². The van der Waals surface area contributed by atoms with E-state index in [0.29, 0.717) is 5.11 Å². The highest BCUT2D eigenvalue weighted by Gasteiger charge is 2.07. The van der Waals surface area contributed by atoms with E-state index in [0.717, 1.165) is 10.7 Å².